The van der Waals surface area contributed by atoms with E-state index in [-0.39, 0.29) is 24.0 Å². The quantitative estimate of drug-likeness (QED) is 0.393. The molecule has 1 fully saturated rings. The summed E-state index contributed by atoms with van der Waals surface area (Å²) in [5, 5.41) is 6.42. The van der Waals surface area contributed by atoms with Gasteiger partial charge < -0.3 is 15.5 Å². The van der Waals surface area contributed by atoms with Gasteiger partial charge in [0.05, 0.1) is 0 Å². The van der Waals surface area contributed by atoms with Gasteiger partial charge in [0.25, 0.3) is 0 Å². The van der Waals surface area contributed by atoms with Gasteiger partial charge in [-0.05, 0) is 23.3 Å². The number of aliphatic imine (C=N–C) groups is 1. The summed E-state index contributed by atoms with van der Waals surface area (Å²) in [6.07, 6.45) is 0. The highest BCUT2D eigenvalue weighted by atomic mass is 127. The molecular formula is C21H30IN5. The van der Waals surface area contributed by atoms with Crippen LogP contribution in [0.15, 0.2) is 59.6 Å². The number of piperazine rings is 1. The molecule has 2 aromatic carbocycles. The first-order chi connectivity index (χ1) is 12.8. The van der Waals surface area contributed by atoms with E-state index in [9.17, 15) is 0 Å². The van der Waals surface area contributed by atoms with Gasteiger partial charge in [-0.1, -0.05) is 42.5 Å². The second-order valence-corrected chi connectivity index (χ2v) is 6.54. The third-order valence-corrected chi connectivity index (χ3v) is 4.91. The molecule has 1 aliphatic heterocycles. The van der Waals surface area contributed by atoms with Crippen LogP contribution < -0.4 is 15.5 Å². The highest BCUT2D eigenvalue weighted by Gasteiger charge is 2.18. The summed E-state index contributed by atoms with van der Waals surface area (Å²) >= 11 is 0. The van der Waals surface area contributed by atoms with Crippen LogP contribution in [-0.2, 0) is 13.1 Å². The van der Waals surface area contributed by atoms with Gasteiger partial charge in [-0.15, -0.1) is 24.0 Å². The highest BCUT2D eigenvalue weighted by Crippen LogP contribution is 2.18. The van der Waals surface area contributed by atoms with Gasteiger partial charge in [-0.2, -0.15) is 0 Å². The average molecular weight is 479 g/mol. The van der Waals surface area contributed by atoms with Crippen molar-refractivity contribution in [2.45, 2.75) is 13.1 Å². The van der Waals surface area contributed by atoms with Crippen molar-refractivity contribution in [1.82, 2.24) is 15.5 Å². The maximum atomic E-state index is 4.18. The molecule has 0 bridgehead atoms. The molecule has 6 heteroatoms. The Morgan fingerprint density at radius 1 is 0.926 bits per heavy atom. The van der Waals surface area contributed by atoms with Crippen molar-refractivity contribution in [3.8, 4) is 0 Å². The lowest BCUT2D eigenvalue weighted by atomic mass is 10.1. The molecule has 2 aromatic rings. The van der Waals surface area contributed by atoms with Crippen LogP contribution in [0.5, 0.6) is 0 Å². The van der Waals surface area contributed by atoms with Gasteiger partial charge in [0.2, 0.25) is 0 Å². The summed E-state index contributed by atoms with van der Waals surface area (Å²) in [4.78, 5) is 9.20. The fourth-order valence-corrected chi connectivity index (χ4v) is 3.39. The lowest BCUT2D eigenvalue weighted by molar-refractivity contribution is 0.249. The Labute approximate surface area is 179 Å². The van der Waals surface area contributed by atoms with Crippen molar-refractivity contribution in [2.24, 2.45) is 4.99 Å². The van der Waals surface area contributed by atoms with E-state index >= 15 is 0 Å². The molecule has 3 rings (SSSR count). The number of rotatable bonds is 5. The van der Waals surface area contributed by atoms with Gasteiger partial charge in [0.1, 0.15) is 0 Å². The predicted molar refractivity (Wildman–Crippen MR) is 125 cm³/mol. The number of nitrogens with zero attached hydrogens (tertiary/aromatic N) is 3. The van der Waals surface area contributed by atoms with E-state index in [1.807, 2.05) is 7.05 Å². The zero-order chi connectivity index (χ0) is 18.2. The summed E-state index contributed by atoms with van der Waals surface area (Å²) in [5.74, 6) is 0.816. The van der Waals surface area contributed by atoms with E-state index in [1.54, 1.807) is 7.05 Å². The Balaban J connectivity index is 0.00000261. The molecule has 0 spiro atoms. The summed E-state index contributed by atoms with van der Waals surface area (Å²) in [6, 6.07) is 19.4. The minimum atomic E-state index is 0. The van der Waals surface area contributed by atoms with Gasteiger partial charge in [0.15, 0.2) is 5.96 Å². The number of guanidine groups is 1. The summed E-state index contributed by atoms with van der Waals surface area (Å²) in [7, 11) is 3.67. The summed E-state index contributed by atoms with van der Waals surface area (Å²) < 4.78 is 0. The molecule has 0 saturated carbocycles. The smallest absolute Gasteiger partial charge is 0.190 e. The number of hydrogen-bond acceptors (Lipinski definition) is 3. The number of anilines is 1. The first kappa shape index (κ1) is 21.5. The predicted octanol–water partition coefficient (Wildman–Crippen LogP) is 2.92. The van der Waals surface area contributed by atoms with Crippen LogP contribution in [0.4, 0.5) is 5.69 Å². The number of hydrogen-bond donors (Lipinski definition) is 2. The maximum Gasteiger partial charge on any atom is 0.190 e. The van der Waals surface area contributed by atoms with Crippen LogP contribution in [0, 0.1) is 0 Å². The van der Waals surface area contributed by atoms with Crippen LogP contribution in [-0.4, -0.2) is 51.1 Å². The average Bonchev–Trinajstić information content (AvgIpc) is 2.71. The highest BCUT2D eigenvalue weighted by molar-refractivity contribution is 14.0. The molecule has 5 nitrogen and oxygen atoms in total. The Kier molecular flexibility index (Phi) is 8.87. The summed E-state index contributed by atoms with van der Waals surface area (Å²) in [5.41, 5.74) is 4.05. The fourth-order valence-electron chi connectivity index (χ4n) is 3.39. The SMILES string of the molecule is CN=C(NC)NCc1ccccc1CN1CCN(c2ccccc2)CC1.I. The first-order valence-corrected chi connectivity index (χ1v) is 9.27. The Morgan fingerprint density at radius 3 is 2.19 bits per heavy atom. The number of halogens is 1. The molecule has 0 amide bonds. The van der Waals surface area contributed by atoms with Crippen molar-refractivity contribution in [1.29, 1.82) is 0 Å². The van der Waals surface area contributed by atoms with E-state index in [4.69, 9.17) is 0 Å². The molecule has 0 radical (unpaired) electrons. The standard InChI is InChI=1S/C21H29N5.HI/c1-22-21(23-2)24-16-18-8-6-7-9-19(18)17-25-12-14-26(15-13-25)20-10-4-3-5-11-20;/h3-11H,12-17H2,1-2H3,(H2,22,23,24);1H. The van der Waals surface area contributed by atoms with Gasteiger partial charge in [0, 0.05) is 59.1 Å². The van der Waals surface area contributed by atoms with Gasteiger partial charge in [-0.25, -0.2) is 0 Å². The number of benzene rings is 2. The normalized spacial score (nSPS) is 15.2. The van der Waals surface area contributed by atoms with Crippen molar-refractivity contribution >= 4 is 35.6 Å². The third kappa shape index (κ3) is 6.10. The van der Waals surface area contributed by atoms with Crippen LogP contribution >= 0.6 is 24.0 Å². The van der Waals surface area contributed by atoms with E-state index in [2.05, 4.69) is 80.0 Å². The monoisotopic (exact) mass is 479 g/mol. The van der Waals surface area contributed by atoms with Crippen molar-refractivity contribution < 1.29 is 0 Å². The Bertz CT molecular complexity index is 712. The third-order valence-electron chi connectivity index (χ3n) is 4.91. The second kappa shape index (κ2) is 11.1. The molecule has 1 saturated heterocycles. The lowest BCUT2D eigenvalue weighted by Crippen LogP contribution is -2.46. The molecule has 1 heterocycles. The largest absolute Gasteiger partial charge is 0.369 e. The van der Waals surface area contributed by atoms with Crippen molar-refractivity contribution in [3.63, 3.8) is 0 Å². The molecule has 1 aliphatic rings. The molecule has 146 valence electrons. The van der Waals surface area contributed by atoms with Crippen LogP contribution in [0.1, 0.15) is 11.1 Å². The van der Waals surface area contributed by atoms with Gasteiger partial charge >= 0.3 is 0 Å². The topological polar surface area (TPSA) is 42.9 Å². The molecule has 27 heavy (non-hydrogen) atoms. The molecule has 0 aliphatic carbocycles. The first-order valence-electron chi connectivity index (χ1n) is 9.27. The van der Waals surface area contributed by atoms with Crippen LogP contribution in [0.25, 0.3) is 0 Å². The molecule has 2 N–H and O–H groups in total. The molecule has 0 unspecified atom stereocenters. The Morgan fingerprint density at radius 2 is 1.56 bits per heavy atom. The maximum absolute atomic E-state index is 4.18. The zero-order valence-electron chi connectivity index (χ0n) is 16.2. The van der Waals surface area contributed by atoms with E-state index in [1.165, 1.54) is 16.8 Å². The molecule has 0 atom stereocenters. The minimum absolute atomic E-state index is 0. The second-order valence-electron chi connectivity index (χ2n) is 6.54. The minimum Gasteiger partial charge on any atom is -0.369 e. The molecular weight excluding hydrogens is 449 g/mol. The Hall–Kier alpha value is -1.80. The van der Waals surface area contributed by atoms with Crippen LogP contribution in [0.2, 0.25) is 0 Å². The van der Waals surface area contributed by atoms with E-state index in [0.29, 0.717) is 0 Å². The molecule has 0 aromatic heterocycles. The van der Waals surface area contributed by atoms with E-state index < -0.39 is 0 Å². The zero-order valence-corrected chi connectivity index (χ0v) is 18.5. The number of nitrogens with one attached hydrogen (secondary N) is 2. The lowest BCUT2D eigenvalue weighted by Gasteiger charge is -2.36. The summed E-state index contributed by atoms with van der Waals surface area (Å²) in [6.45, 7) is 6.13. The fraction of sp³-hybridized carbons (Fsp3) is 0.381. The van der Waals surface area contributed by atoms with Gasteiger partial charge in [-0.3, -0.25) is 9.89 Å². The van der Waals surface area contributed by atoms with Crippen molar-refractivity contribution in [3.05, 3.63) is 65.7 Å². The van der Waals surface area contributed by atoms with Crippen LogP contribution in [0.3, 0.4) is 0 Å². The van der Waals surface area contributed by atoms with Crippen molar-refractivity contribution in [2.75, 3.05) is 45.2 Å². The number of para-hydroxylation sites is 1. The van der Waals surface area contributed by atoms with E-state index in [0.717, 1.165) is 45.2 Å².